The van der Waals surface area contributed by atoms with E-state index in [0.29, 0.717) is 19.6 Å². The molecule has 0 aliphatic carbocycles. The summed E-state index contributed by atoms with van der Waals surface area (Å²) >= 11 is 0. The van der Waals surface area contributed by atoms with Crippen LogP contribution in [-0.2, 0) is 16.6 Å². The fourth-order valence-corrected chi connectivity index (χ4v) is 3.49. The van der Waals surface area contributed by atoms with Crippen molar-refractivity contribution < 1.29 is 17.9 Å². The van der Waals surface area contributed by atoms with E-state index in [9.17, 15) is 13.2 Å². The van der Waals surface area contributed by atoms with Crippen molar-refractivity contribution >= 4 is 16.1 Å². The Hall–Kier alpha value is -1.80. The Bertz CT molecular complexity index is 648. The van der Waals surface area contributed by atoms with Crippen molar-refractivity contribution in [3.05, 3.63) is 29.8 Å². The fraction of sp³-hybridized carbons (Fsp3) is 0.533. The van der Waals surface area contributed by atoms with Gasteiger partial charge in [0, 0.05) is 31.2 Å². The molecule has 8 heteroatoms. The number of urea groups is 1. The number of amides is 2. The maximum absolute atomic E-state index is 12.3. The molecule has 0 saturated carbocycles. The summed E-state index contributed by atoms with van der Waals surface area (Å²) < 4.78 is 30.4. The number of benzene rings is 1. The van der Waals surface area contributed by atoms with E-state index < -0.39 is 10.0 Å². The van der Waals surface area contributed by atoms with E-state index >= 15 is 0 Å². The highest BCUT2D eigenvalue weighted by atomic mass is 32.2. The van der Waals surface area contributed by atoms with Crippen molar-refractivity contribution in [2.75, 3.05) is 26.5 Å². The van der Waals surface area contributed by atoms with Gasteiger partial charge in [0.25, 0.3) is 0 Å². The molecule has 0 bridgehead atoms. The van der Waals surface area contributed by atoms with Crippen LogP contribution in [0.1, 0.15) is 18.4 Å². The maximum atomic E-state index is 12.3. The molecule has 2 amide bonds. The first-order valence-corrected chi connectivity index (χ1v) is 9.40. The van der Waals surface area contributed by atoms with Crippen LogP contribution in [0.2, 0.25) is 0 Å². The van der Waals surface area contributed by atoms with E-state index in [1.807, 2.05) is 24.3 Å². The minimum absolute atomic E-state index is 0.198. The molecule has 128 valence electrons. The lowest BCUT2D eigenvalue weighted by Crippen LogP contribution is -2.51. The molecule has 2 rings (SSSR count). The number of carbonyl (C=O) groups excluding carboxylic acids is 1. The van der Waals surface area contributed by atoms with Crippen molar-refractivity contribution in [2.45, 2.75) is 25.4 Å². The summed E-state index contributed by atoms with van der Waals surface area (Å²) in [5, 5.41) is 2.86. The number of nitrogens with one attached hydrogen (secondary N) is 2. The normalized spacial score (nSPS) is 18.5. The van der Waals surface area contributed by atoms with Crippen molar-refractivity contribution in [3.8, 4) is 5.75 Å². The first-order chi connectivity index (χ1) is 10.9. The second-order valence-electron chi connectivity index (χ2n) is 5.65. The second kappa shape index (κ2) is 7.65. The number of piperidine rings is 1. The zero-order valence-corrected chi connectivity index (χ0v) is 14.2. The molecular weight excluding hydrogens is 318 g/mol. The number of ether oxygens (including phenoxy) is 1. The van der Waals surface area contributed by atoms with Crippen LogP contribution in [-0.4, -0.2) is 51.8 Å². The highest BCUT2D eigenvalue weighted by molar-refractivity contribution is 7.88. The van der Waals surface area contributed by atoms with Crippen molar-refractivity contribution in [1.29, 1.82) is 0 Å². The average molecular weight is 341 g/mol. The zero-order chi connectivity index (χ0) is 16.9. The van der Waals surface area contributed by atoms with E-state index in [2.05, 4.69) is 10.0 Å². The number of nitrogens with zero attached hydrogens (tertiary/aromatic N) is 1. The highest BCUT2D eigenvalue weighted by Gasteiger charge is 2.25. The van der Waals surface area contributed by atoms with Crippen molar-refractivity contribution in [1.82, 2.24) is 14.9 Å². The molecule has 1 heterocycles. The topological polar surface area (TPSA) is 87.7 Å². The number of likely N-dealkylation sites (tertiary alicyclic amines) is 1. The van der Waals surface area contributed by atoms with Crippen LogP contribution in [0, 0.1) is 0 Å². The van der Waals surface area contributed by atoms with Gasteiger partial charge in [-0.15, -0.1) is 0 Å². The van der Waals surface area contributed by atoms with E-state index in [1.165, 1.54) is 0 Å². The van der Waals surface area contributed by atoms with Gasteiger partial charge in [0.15, 0.2) is 0 Å². The SMILES string of the molecule is COc1ccccc1CNC(=O)N1CCC[C@H](NS(C)(=O)=O)C1. The lowest BCUT2D eigenvalue weighted by atomic mass is 10.1. The van der Waals surface area contributed by atoms with Gasteiger partial charge in [-0.2, -0.15) is 0 Å². The molecule has 1 aromatic rings. The number of carbonyl (C=O) groups is 1. The first kappa shape index (κ1) is 17.6. The average Bonchev–Trinajstić information content (AvgIpc) is 2.51. The molecule has 1 aliphatic heterocycles. The van der Waals surface area contributed by atoms with Gasteiger partial charge in [-0.05, 0) is 18.9 Å². The molecule has 0 aromatic heterocycles. The third-order valence-electron chi connectivity index (χ3n) is 3.71. The Labute approximate surface area is 137 Å². The highest BCUT2D eigenvalue weighted by Crippen LogP contribution is 2.17. The molecule has 0 spiro atoms. The summed E-state index contributed by atoms with van der Waals surface area (Å²) in [6.45, 7) is 1.37. The number of para-hydroxylation sites is 1. The minimum Gasteiger partial charge on any atom is -0.496 e. The van der Waals surface area contributed by atoms with Gasteiger partial charge in [-0.25, -0.2) is 17.9 Å². The van der Waals surface area contributed by atoms with Gasteiger partial charge in [0.2, 0.25) is 10.0 Å². The summed E-state index contributed by atoms with van der Waals surface area (Å²) in [6.07, 6.45) is 2.65. The van der Waals surface area contributed by atoms with Crippen LogP contribution < -0.4 is 14.8 Å². The van der Waals surface area contributed by atoms with Crippen LogP contribution in [0.5, 0.6) is 5.75 Å². The number of methoxy groups -OCH3 is 1. The smallest absolute Gasteiger partial charge is 0.317 e. The molecule has 0 unspecified atom stereocenters. The summed E-state index contributed by atoms with van der Waals surface area (Å²) in [7, 11) is -1.67. The predicted octanol–water partition coefficient (Wildman–Crippen LogP) is 0.918. The first-order valence-electron chi connectivity index (χ1n) is 7.51. The molecule has 2 N–H and O–H groups in total. The van der Waals surface area contributed by atoms with Gasteiger partial charge >= 0.3 is 6.03 Å². The van der Waals surface area contributed by atoms with E-state index in [1.54, 1.807) is 12.0 Å². The lowest BCUT2D eigenvalue weighted by molar-refractivity contribution is 0.177. The maximum Gasteiger partial charge on any atom is 0.317 e. The van der Waals surface area contributed by atoms with Crippen LogP contribution in [0.4, 0.5) is 4.79 Å². The molecular formula is C15H23N3O4S. The zero-order valence-electron chi connectivity index (χ0n) is 13.4. The largest absolute Gasteiger partial charge is 0.496 e. The van der Waals surface area contributed by atoms with Crippen molar-refractivity contribution in [2.24, 2.45) is 0 Å². The van der Waals surface area contributed by atoms with Gasteiger partial charge < -0.3 is 15.0 Å². The molecule has 23 heavy (non-hydrogen) atoms. The standard InChI is InChI=1S/C15H23N3O4S/c1-22-14-8-4-3-6-12(14)10-16-15(19)18-9-5-7-13(11-18)17-23(2,20)21/h3-4,6,8,13,17H,5,7,9-11H2,1-2H3,(H,16,19)/t13-/m0/s1. The molecule has 1 atom stereocenters. The van der Waals surface area contributed by atoms with Gasteiger partial charge in [0.05, 0.1) is 13.4 Å². The summed E-state index contributed by atoms with van der Waals surface area (Å²) in [6, 6.07) is 7.07. The van der Waals surface area contributed by atoms with Crippen LogP contribution in [0.25, 0.3) is 0 Å². The summed E-state index contributed by atoms with van der Waals surface area (Å²) in [5.74, 6) is 0.725. The monoisotopic (exact) mass is 341 g/mol. The predicted molar refractivity (Wildman–Crippen MR) is 87.8 cm³/mol. The van der Waals surface area contributed by atoms with Crippen molar-refractivity contribution in [3.63, 3.8) is 0 Å². The van der Waals surface area contributed by atoms with Crippen LogP contribution >= 0.6 is 0 Å². The second-order valence-corrected chi connectivity index (χ2v) is 7.43. The molecule has 0 radical (unpaired) electrons. The van der Waals surface area contributed by atoms with Gasteiger partial charge in [-0.3, -0.25) is 0 Å². The van der Waals surface area contributed by atoms with Crippen LogP contribution in [0.15, 0.2) is 24.3 Å². The Morgan fingerprint density at radius 3 is 2.83 bits per heavy atom. The van der Waals surface area contributed by atoms with Gasteiger partial charge in [0.1, 0.15) is 5.75 Å². The van der Waals surface area contributed by atoms with E-state index in [0.717, 1.165) is 30.4 Å². The lowest BCUT2D eigenvalue weighted by Gasteiger charge is -2.32. The van der Waals surface area contributed by atoms with E-state index in [4.69, 9.17) is 4.74 Å². The Morgan fingerprint density at radius 1 is 1.39 bits per heavy atom. The molecule has 1 fully saturated rings. The fourth-order valence-electron chi connectivity index (χ4n) is 2.69. The summed E-state index contributed by atoms with van der Waals surface area (Å²) in [4.78, 5) is 13.9. The quantitative estimate of drug-likeness (QED) is 0.834. The molecule has 1 aromatic carbocycles. The number of hydrogen-bond acceptors (Lipinski definition) is 4. The van der Waals surface area contributed by atoms with Gasteiger partial charge in [-0.1, -0.05) is 18.2 Å². The Kier molecular flexibility index (Phi) is 5.84. The number of rotatable bonds is 5. The number of sulfonamides is 1. The molecule has 7 nitrogen and oxygen atoms in total. The molecule has 1 aliphatic rings. The minimum atomic E-state index is -3.26. The van der Waals surface area contributed by atoms with Crippen LogP contribution in [0.3, 0.4) is 0 Å². The number of hydrogen-bond donors (Lipinski definition) is 2. The Morgan fingerprint density at radius 2 is 2.13 bits per heavy atom. The Balaban J connectivity index is 1.90. The summed E-state index contributed by atoms with van der Waals surface area (Å²) in [5.41, 5.74) is 0.895. The van der Waals surface area contributed by atoms with E-state index in [-0.39, 0.29) is 12.1 Å². The third-order valence-corrected chi connectivity index (χ3v) is 4.47. The third kappa shape index (κ3) is 5.40. The molecule has 1 saturated heterocycles.